The minimum atomic E-state index is -3.87. The number of amides is 2. The van der Waals surface area contributed by atoms with Gasteiger partial charge in [0.1, 0.15) is 18.7 Å². The summed E-state index contributed by atoms with van der Waals surface area (Å²) in [6.07, 6.45) is -0.0158. The molecular weight excluding hydrogens is 454 g/mol. The number of sulfone groups is 1. The lowest BCUT2D eigenvalue weighted by molar-refractivity contribution is -0.384. The molecule has 1 N–H and O–H groups in total. The van der Waals surface area contributed by atoms with Gasteiger partial charge in [0.2, 0.25) is 11.8 Å². The Bertz CT molecular complexity index is 1210. The monoisotopic (exact) mass is 473 g/mol. The van der Waals surface area contributed by atoms with Gasteiger partial charge in [-0.05, 0) is 23.3 Å². The lowest BCUT2D eigenvalue weighted by atomic mass is 10.0. The molecule has 2 fully saturated rings. The largest absolute Gasteiger partial charge is 0.459 e. The third kappa shape index (κ3) is 4.42. The van der Waals surface area contributed by atoms with Crippen molar-refractivity contribution in [2.75, 3.05) is 5.75 Å². The number of non-ortho nitro benzene ring substituents is 1. The number of carbonyl (C=O) groups excluding carboxylic acids is 3. The predicted molar refractivity (Wildman–Crippen MR) is 113 cm³/mol. The molecule has 2 saturated heterocycles. The molecule has 0 radical (unpaired) electrons. The number of benzene rings is 2. The van der Waals surface area contributed by atoms with Crippen LogP contribution >= 0.6 is 0 Å². The molecule has 2 aliphatic heterocycles. The molecule has 2 unspecified atom stereocenters. The van der Waals surface area contributed by atoms with Crippen LogP contribution in [0.4, 0.5) is 5.69 Å². The number of ether oxygens (including phenoxy) is 1. The Kier molecular flexibility index (Phi) is 5.85. The van der Waals surface area contributed by atoms with Crippen LogP contribution in [0.3, 0.4) is 0 Å². The number of nitrogens with zero attached hydrogens (tertiary/aromatic N) is 2. The van der Waals surface area contributed by atoms with Crippen LogP contribution in [-0.4, -0.2) is 59.2 Å². The number of nitro benzene ring substituents is 1. The van der Waals surface area contributed by atoms with Crippen LogP contribution in [-0.2, 0) is 42.0 Å². The van der Waals surface area contributed by atoms with Gasteiger partial charge in [-0.25, -0.2) is 13.2 Å². The van der Waals surface area contributed by atoms with E-state index in [1.54, 1.807) is 30.3 Å². The van der Waals surface area contributed by atoms with Crippen molar-refractivity contribution in [3.63, 3.8) is 0 Å². The first-order valence-electron chi connectivity index (χ1n) is 9.94. The van der Waals surface area contributed by atoms with Crippen LogP contribution in [0.15, 0.2) is 54.6 Å². The summed E-state index contributed by atoms with van der Waals surface area (Å²) >= 11 is 0. The number of hydrogen-bond acceptors (Lipinski definition) is 8. The molecule has 0 spiro atoms. The maximum atomic E-state index is 12.6. The van der Waals surface area contributed by atoms with E-state index in [1.807, 2.05) is 0 Å². The van der Waals surface area contributed by atoms with Crippen molar-refractivity contribution in [1.29, 1.82) is 0 Å². The quantitative estimate of drug-likeness (QED) is 0.261. The molecule has 2 aromatic carbocycles. The highest BCUT2D eigenvalue weighted by molar-refractivity contribution is 7.92. The number of esters is 1. The third-order valence-corrected chi connectivity index (χ3v) is 7.51. The molecule has 2 heterocycles. The first-order valence-corrected chi connectivity index (χ1v) is 11.7. The van der Waals surface area contributed by atoms with E-state index in [4.69, 9.17) is 4.74 Å². The van der Waals surface area contributed by atoms with Gasteiger partial charge in [-0.2, -0.15) is 0 Å². The van der Waals surface area contributed by atoms with E-state index < -0.39 is 55.8 Å². The zero-order chi connectivity index (χ0) is 23.8. The number of hydrogen-bond donors (Lipinski definition) is 1. The highest BCUT2D eigenvalue weighted by atomic mass is 32.2. The van der Waals surface area contributed by atoms with Gasteiger partial charge in [0.05, 0.1) is 17.1 Å². The van der Waals surface area contributed by atoms with Gasteiger partial charge in [0.15, 0.2) is 15.2 Å². The maximum absolute atomic E-state index is 12.6. The molecule has 172 valence electrons. The van der Waals surface area contributed by atoms with Gasteiger partial charge in [-0.1, -0.05) is 30.3 Å². The van der Waals surface area contributed by atoms with E-state index in [-0.39, 0.29) is 18.7 Å². The van der Waals surface area contributed by atoms with Crippen molar-refractivity contribution in [3.05, 3.63) is 75.8 Å². The average Bonchev–Trinajstić information content (AvgIpc) is 3.04. The summed E-state index contributed by atoms with van der Waals surface area (Å²) in [5.74, 6) is -2.67. The Labute approximate surface area is 188 Å². The molecule has 2 aromatic rings. The van der Waals surface area contributed by atoms with Crippen molar-refractivity contribution >= 4 is 33.3 Å². The molecule has 2 aliphatic rings. The minimum absolute atomic E-state index is 0.0158. The fourth-order valence-corrected chi connectivity index (χ4v) is 6.01. The molecule has 33 heavy (non-hydrogen) atoms. The van der Waals surface area contributed by atoms with Gasteiger partial charge in [0, 0.05) is 12.1 Å². The predicted octanol–water partition coefficient (Wildman–Crippen LogP) is 0.331. The Balaban J connectivity index is 1.38. The van der Waals surface area contributed by atoms with Crippen LogP contribution in [0, 0.1) is 10.1 Å². The van der Waals surface area contributed by atoms with Crippen molar-refractivity contribution in [1.82, 2.24) is 10.2 Å². The van der Waals surface area contributed by atoms with Crippen molar-refractivity contribution < 1.29 is 32.5 Å². The lowest BCUT2D eigenvalue weighted by Crippen LogP contribution is -2.72. The van der Waals surface area contributed by atoms with Crippen LogP contribution in [0.25, 0.3) is 0 Å². The second-order valence-corrected chi connectivity index (χ2v) is 9.86. The summed E-state index contributed by atoms with van der Waals surface area (Å²) in [5.41, 5.74) is 1.05. The molecule has 3 atom stereocenters. The second-order valence-electron chi connectivity index (χ2n) is 7.72. The zero-order valence-corrected chi connectivity index (χ0v) is 17.9. The summed E-state index contributed by atoms with van der Waals surface area (Å²) in [6, 6.07) is 11.5. The molecule has 0 aromatic heterocycles. The van der Waals surface area contributed by atoms with Gasteiger partial charge in [-0.15, -0.1) is 0 Å². The normalized spacial score (nSPS) is 22.7. The van der Waals surface area contributed by atoms with Crippen LogP contribution in [0.1, 0.15) is 11.1 Å². The third-order valence-electron chi connectivity index (χ3n) is 5.50. The number of fused-ring (bicyclic) bond motifs is 1. The lowest BCUT2D eigenvalue weighted by Gasteiger charge is -2.42. The standard InChI is InChI=1S/C21H19N3O8S/c25-17(10-13-4-2-1-3-5-13)22-18-19(26)23-16(12-33(30,31)20(18)23)21(27)32-11-14-6-8-15(9-7-14)24(28)29/h1-9,16,18,20H,10-12H2,(H,22,25)/t16?,18?,20-/m1/s1. The van der Waals surface area contributed by atoms with Gasteiger partial charge < -0.3 is 15.0 Å². The molecule has 11 nitrogen and oxygen atoms in total. The topological polar surface area (TPSA) is 153 Å². The summed E-state index contributed by atoms with van der Waals surface area (Å²) in [4.78, 5) is 48.5. The molecule has 12 heteroatoms. The van der Waals surface area contributed by atoms with Crippen molar-refractivity contribution in [2.24, 2.45) is 0 Å². The molecule has 0 aliphatic carbocycles. The minimum Gasteiger partial charge on any atom is -0.459 e. The second kappa shape index (κ2) is 8.62. The molecule has 4 rings (SSSR count). The van der Waals surface area contributed by atoms with E-state index >= 15 is 0 Å². The number of nitrogens with one attached hydrogen (secondary N) is 1. The SMILES string of the molecule is O=C(Cc1ccccc1)NC1C(=O)N2C(C(=O)OCc3ccc([N+](=O)[O-])cc3)CS(=O)(=O)[C@H]12. The van der Waals surface area contributed by atoms with E-state index in [0.29, 0.717) is 11.1 Å². The first-order chi connectivity index (χ1) is 15.7. The summed E-state index contributed by atoms with van der Waals surface area (Å²) in [6.45, 7) is -0.239. The highest BCUT2D eigenvalue weighted by Gasteiger charge is 2.64. The van der Waals surface area contributed by atoms with E-state index in [0.717, 1.165) is 4.90 Å². The van der Waals surface area contributed by atoms with Gasteiger partial charge in [0.25, 0.3) is 5.69 Å². The summed E-state index contributed by atoms with van der Waals surface area (Å²) in [5, 5.41) is 11.8. The van der Waals surface area contributed by atoms with Crippen LogP contribution in [0.2, 0.25) is 0 Å². The Morgan fingerprint density at radius 3 is 2.39 bits per heavy atom. The van der Waals surface area contributed by atoms with E-state index in [9.17, 15) is 32.9 Å². The van der Waals surface area contributed by atoms with Crippen LogP contribution in [0.5, 0.6) is 0 Å². The van der Waals surface area contributed by atoms with Gasteiger partial charge >= 0.3 is 5.97 Å². The number of β-lactam (4-membered cyclic amide) rings is 1. The Morgan fingerprint density at radius 2 is 1.76 bits per heavy atom. The smallest absolute Gasteiger partial charge is 0.330 e. The van der Waals surface area contributed by atoms with Crippen molar-refractivity contribution in [2.45, 2.75) is 30.5 Å². The maximum Gasteiger partial charge on any atom is 0.330 e. The van der Waals surface area contributed by atoms with Gasteiger partial charge in [-0.3, -0.25) is 19.7 Å². The Hall–Kier alpha value is -3.80. The number of rotatable bonds is 7. The highest BCUT2D eigenvalue weighted by Crippen LogP contribution is 2.36. The fourth-order valence-electron chi connectivity index (χ4n) is 3.88. The molecular formula is C21H19N3O8S. The first kappa shape index (κ1) is 22.4. The Morgan fingerprint density at radius 1 is 1.09 bits per heavy atom. The zero-order valence-electron chi connectivity index (χ0n) is 17.1. The molecule has 2 amide bonds. The van der Waals surface area contributed by atoms with E-state index in [1.165, 1.54) is 24.3 Å². The summed E-state index contributed by atoms with van der Waals surface area (Å²) < 4.78 is 30.3. The number of nitro groups is 1. The van der Waals surface area contributed by atoms with Crippen LogP contribution < -0.4 is 5.32 Å². The van der Waals surface area contributed by atoms with E-state index in [2.05, 4.69) is 5.32 Å². The summed E-state index contributed by atoms with van der Waals surface area (Å²) in [7, 11) is -3.87. The molecule has 0 saturated carbocycles. The van der Waals surface area contributed by atoms with Crippen molar-refractivity contribution in [3.8, 4) is 0 Å². The fraction of sp³-hybridized carbons (Fsp3) is 0.286. The molecule has 0 bridgehead atoms. The number of carbonyl (C=O) groups is 3. The average molecular weight is 473 g/mol.